The third-order valence-electron chi connectivity index (χ3n) is 4.57. The minimum Gasteiger partial charge on any atom is -0.484 e. The molecule has 1 saturated carbocycles. The van der Waals surface area contributed by atoms with E-state index >= 15 is 0 Å². The lowest BCUT2D eigenvalue weighted by Gasteiger charge is -2.21. The molecule has 1 aromatic carbocycles. The van der Waals surface area contributed by atoms with Crippen LogP contribution in [-0.2, 0) is 4.79 Å². The molecule has 5 heteroatoms. The summed E-state index contributed by atoms with van der Waals surface area (Å²) in [5, 5.41) is 3.12. The predicted octanol–water partition coefficient (Wildman–Crippen LogP) is 4.77. The molecule has 3 nitrogen and oxygen atoms in total. The topological polar surface area (TPSA) is 38.3 Å². The largest absolute Gasteiger partial charge is 0.484 e. The summed E-state index contributed by atoms with van der Waals surface area (Å²) in [5.41, 5.74) is 1.35. The fourth-order valence-electron chi connectivity index (χ4n) is 3.24. The second-order valence-electron chi connectivity index (χ2n) is 6.54. The number of rotatable bonds is 5. The van der Waals surface area contributed by atoms with Crippen molar-refractivity contribution in [2.75, 3.05) is 18.1 Å². The van der Waals surface area contributed by atoms with Crippen molar-refractivity contribution in [1.29, 1.82) is 0 Å². The van der Waals surface area contributed by atoms with Gasteiger partial charge in [-0.15, -0.1) is 23.5 Å². The van der Waals surface area contributed by atoms with Gasteiger partial charge in [-0.1, -0.05) is 37.8 Å². The summed E-state index contributed by atoms with van der Waals surface area (Å²) in [4.78, 5) is 12.1. The Balaban J connectivity index is 1.43. The van der Waals surface area contributed by atoms with Crippen molar-refractivity contribution >= 4 is 29.4 Å². The molecule has 24 heavy (non-hydrogen) atoms. The van der Waals surface area contributed by atoms with E-state index in [9.17, 15) is 4.79 Å². The van der Waals surface area contributed by atoms with Gasteiger partial charge in [0, 0.05) is 6.04 Å². The van der Waals surface area contributed by atoms with Crippen molar-refractivity contribution < 1.29 is 9.53 Å². The molecule has 0 spiro atoms. The molecule has 0 atom stereocenters. The van der Waals surface area contributed by atoms with Crippen molar-refractivity contribution in [2.45, 2.75) is 55.6 Å². The lowest BCUT2D eigenvalue weighted by molar-refractivity contribution is -0.123. The van der Waals surface area contributed by atoms with Gasteiger partial charge in [0.2, 0.25) is 0 Å². The average Bonchev–Trinajstić information content (AvgIpc) is 2.90. The first-order valence-electron chi connectivity index (χ1n) is 9.06. The smallest absolute Gasteiger partial charge is 0.258 e. The molecule has 1 aliphatic carbocycles. The van der Waals surface area contributed by atoms with E-state index in [4.69, 9.17) is 4.74 Å². The first-order valence-corrected chi connectivity index (χ1v) is 11.2. The molecule has 0 radical (unpaired) electrons. The summed E-state index contributed by atoms with van der Waals surface area (Å²) in [6.07, 6.45) is 8.58. The monoisotopic (exact) mass is 365 g/mol. The van der Waals surface area contributed by atoms with Gasteiger partial charge in [-0.2, -0.15) is 0 Å². The molecule has 1 amide bonds. The summed E-state index contributed by atoms with van der Waals surface area (Å²) in [6.45, 7) is 0.114. The highest BCUT2D eigenvalue weighted by molar-refractivity contribution is 8.16. The quantitative estimate of drug-likeness (QED) is 0.763. The Morgan fingerprint density at radius 3 is 2.33 bits per heavy atom. The van der Waals surface area contributed by atoms with Crippen LogP contribution in [0.25, 0.3) is 0 Å². The summed E-state index contributed by atoms with van der Waals surface area (Å²) in [7, 11) is 0. The number of hydrogen-bond acceptors (Lipinski definition) is 4. The first-order chi connectivity index (χ1) is 11.8. The number of nitrogens with one attached hydrogen (secondary N) is 1. The van der Waals surface area contributed by atoms with Gasteiger partial charge in [0.1, 0.15) is 5.75 Å². The highest BCUT2D eigenvalue weighted by Gasteiger charge is 2.17. The number of amides is 1. The van der Waals surface area contributed by atoms with E-state index in [-0.39, 0.29) is 12.5 Å². The molecule has 1 aliphatic heterocycles. The summed E-state index contributed by atoms with van der Waals surface area (Å²) in [5.74, 6) is 3.28. The van der Waals surface area contributed by atoms with Gasteiger partial charge < -0.3 is 10.1 Å². The van der Waals surface area contributed by atoms with Gasteiger partial charge in [0.15, 0.2) is 6.61 Å². The molecule has 132 valence electrons. The van der Waals surface area contributed by atoms with Crippen LogP contribution >= 0.6 is 23.5 Å². The maximum atomic E-state index is 12.1. The van der Waals surface area contributed by atoms with Crippen LogP contribution in [0.4, 0.5) is 0 Å². The van der Waals surface area contributed by atoms with E-state index < -0.39 is 0 Å². The van der Waals surface area contributed by atoms with Gasteiger partial charge in [-0.25, -0.2) is 0 Å². The van der Waals surface area contributed by atoms with Gasteiger partial charge in [-0.05, 0) is 48.5 Å². The fraction of sp³-hybridized carbons (Fsp3) is 0.632. The molecule has 0 aromatic heterocycles. The average molecular weight is 366 g/mol. The first kappa shape index (κ1) is 18.0. The van der Waals surface area contributed by atoms with Crippen molar-refractivity contribution in [3.05, 3.63) is 29.8 Å². The summed E-state index contributed by atoms with van der Waals surface area (Å²) < 4.78 is 6.20. The number of ether oxygens (including phenoxy) is 1. The molecular formula is C19H27NO2S2. The van der Waals surface area contributed by atoms with Gasteiger partial charge in [0.25, 0.3) is 5.91 Å². The summed E-state index contributed by atoms with van der Waals surface area (Å²) in [6, 6.07) is 8.59. The van der Waals surface area contributed by atoms with Crippen LogP contribution in [0.15, 0.2) is 24.3 Å². The Bertz CT molecular complexity index is 507. The number of thioether (sulfide) groups is 2. The minimum atomic E-state index is 0.00404. The lowest BCUT2D eigenvalue weighted by Crippen LogP contribution is -2.37. The van der Waals surface area contributed by atoms with Crippen LogP contribution in [0.1, 0.15) is 55.1 Å². The van der Waals surface area contributed by atoms with E-state index in [0.29, 0.717) is 10.6 Å². The van der Waals surface area contributed by atoms with Crippen LogP contribution in [0.2, 0.25) is 0 Å². The third-order valence-corrected chi connectivity index (χ3v) is 7.58. The highest BCUT2D eigenvalue weighted by atomic mass is 32.2. The maximum absolute atomic E-state index is 12.1. The Kier molecular flexibility index (Phi) is 7.21. The van der Waals surface area contributed by atoms with E-state index in [1.807, 2.05) is 35.7 Å². The zero-order valence-electron chi connectivity index (χ0n) is 14.2. The SMILES string of the molecule is O=C(COc1ccc(C2SCCCS2)cc1)NC1CCCCCC1. The number of carbonyl (C=O) groups is 1. The molecular weight excluding hydrogens is 338 g/mol. The van der Waals surface area contributed by atoms with Crippen molar-refractivity contribution in [2.24, 2.45) is 0 Å². The normalized spacial score (nSPS) is 20.3. The van der Waals surface area contributed by atoms with Crippen LogP contribution < -0.4 is 10.1 Å². The van der Waals surface area contributed by atoms with Gasteiger partial charge >= 0.3 is 0 Å². The van der Waals surface area contributed by atoms with E-state index in [2.05, 4.69) is 17.4 Å². The van der Waals surface area contributed by atoms with Gasteiger partial charge in [-0.3, -0.25) is 4.79 Å². The van der Waals surface area contributed by atoms with E-state index in [0.717, 1.165) is 18.6 Å². The Hall–Kier alpha value is -0.810. The molecule has 1 aromatic rings. The molecule has 2 aliphatic rings. The van der Waals surface area contributed by atoms with Crippen LogP contribution in [0.5, 0.6) is 5.75 Å². The molecule has 0 unspecified atom stereocenters. The van der Waals surface area contributed by atoms with E-state index in [1.54, 1.807) is 0 Å². The van der Waals surface area contributed by atoms with Gasteiger partial charge in [0.05, 0.1) is 4.58 Å². The number of hydrogen-bond donors (Lipinski definition) is 1. The molecule has 3 rings (SSSR count). The van der Waals surface area contributed by atoms with Crippen molar-refractivity contribution in [3.8, 4) is 5.75 Å². The Morgan fingerprint density at radius 2 is 1.67 bits per heavy atom. The Labute approximate surface area is 153 Å². The van der Waals surface area contributed by atoms with Crippen LogP contribution in [-0.4, -0.2) is 30.1 Å². The fourth-order valence-corrected chi connectivity index (χ4v) is 6.14. The highest BCUT2D eigenvalue weighted by Crippen LogP contribution is 2.43. The van der Waals surface area contributed by atoms with E-state index in [1.165, 1.54) is 49.2 Å². The van der Waals surface area contributed by atoms with Crippen LogP contribution in [0.3, 0.4) is 0 Å². The molecule has 1 N–H and O–H groups in total. The predicted molar refractivity (Wildman–Crippen MR) is 104 cm³/mol. The van der Waals surface area contributed by atoms with Crippen molar-refractivity contribution in [3.63, 3.8) is 0 Å². The number of benzene rings is 1. The second kappa shape index (κ2) is 9.62. The second-order valence-corrected chi connectivity index (χ2v) is 9.27. The lowest BCUT2D eigenvalue weighted by atomic mass is 10.1. The minimum absolute atomic E-state index is 0.00404. The zero-order chi connectivity index (χ0) is 16.6. The summed E-state index contributed by atoms with van der Waals surface area (Å²) >= 11 is 4.04. The molecule has 2 fully saturated rings. The third kappa shape index (κ3) is 5.62. The maximum Gasteiger partial charge on any atom is 0.258 e. The van der Waals surface area contributed by atoms with Crippen molar-refractivity contribution in [1.82, 2.24) is 5.32 Å². The van der Waals surface area contributed by atoms with Crippen LogP contribution in [0, 0.1) is 0 Å². The number of carbonyl (C=O) groups excluding carboxylic acids is 1. The molecule has 1 heterocycles. The Morgan fingerprint density at radius 1 is 1.00 bits per heavy atom. The zero-order valence-corrected chi connectivity index (χ0v) is 15.8. The standard InChI is InChI=1S/C19H27NO2S2/c21-18(20-16-6-3-1-2-4-7-16)14-22-17-10-8-15(9-11-17)19-23-12-5-13-24-19/h8-11,16,19H,1-7,12-14H2,(H,20,21). The molecule has 0 bridgehead atoms. The molecule has 1 saturated heterocycles.